The van der Waals surface area contributed by atoms with Crippen molar-refractivity contribution in [1.29, 1.82) is 0 Å². The van der Waals surface area contributed by atoms with E-state index >= 15 is 0 Å². The molecule has 106 valence electrons. The van der Waals surface area contributed by atoms with Crippen molar-refractivity contribution < 1.29 is 19.5 Å². The molecule has 1 unspecified atom stereocenters. The molecule has 1 saturated heterocycles. The second-order valence-corrected chi connectivity index (χ2v) is 5.65. The summed E-state index contributed by atoms with van der Waals surface area (Å²) in [6.07, 6.45) is 2.70. The summed E-state index contributed by atoms with van der Waals surface area (Å²) in [4.78, 5) is 42.7. The minimum absolute atomic E-state index is 0.0240. The highest BCUT2D eigenvalue weighted by molar-refractivity contribution is 8.13. The van der Waals surface area contributed by atoms with Gasteiger partial charge in [-0.1, -0.05) is 11.8 Å². The van der Waals surface area contributed by atoms with Crippen LogP contribution in [0.5, 0.6) is 0 Å². The van der Waals surface area contributed by atoms with Gasteiger partial charge in [-0.15, -0.1) is 0 Å². The molecule has 2 rings (SSSR count). The van der Waals surface area contributed by atoms with Gasteiger partial charge in [-0.05, 0) is 5.92 Å². The van der Waals surface area contributed by atoms with E-state index in [-0.39, 0.29) is 28.5 Å². The van der Waals surface area contributed by atoms with Crippen molar-refractivity contribution >= 4 is 34.7 Å². The smallest absolute Gasteiger partial charge is 0.338 e. The third-order valence-corrected chi connectivity index (χ3v) is 3.90. The average molecular weight is 295 g/mol. The number of carbonyl (C=O) groups excluding carboxylic acids is 2. The Morgan fingerprint density at radius 1 is 1.45 bits per heavy atom. The number of thioether (sulfide) groups is 1. The van der Waals surface area contributed by atoms with E-state index in [9.17, 15) is 14.4 Å². The molecule has 0 saturated carbocycles. The first-order valence-electron chi connectivity index (χ1n) is 5.96. The molecule has 1 aromatic rings. The Kier molecular flexibility index (Phi) is 4.33. The van der Waals surface area contributed by atoms with E-state index in [0.29, 0.717) is 18.7 Å². The largest absolute Gasteiger partial charge is 0.478 e. The maximum absolute atomic E-state index is 11.9. The highest BCUT2D eigenvalue weighted by Gasteiger charge is 2.32. The molecule has 1 N–H and O–H groups in total. The molecule has 8 heteroatoms. The Labute approximate surface area is 119 Å². The molecular weight excluding hydrogens is 282 g/mol. The van der Waals surface area contributed by atoms with Gasteiger partial charge in [0.2, 0.25) is 11.9 Å². The predicted octanol–water partition coefficient (Wildman–Crippen LogP) is 0.807. The van der Waals surface area contributed by atoms with Gasteiger partial charge in [0.15, 0.2) is 5.12 Å². The van der Waals surface area contributed by atoms with Gasteiger partial charge in [0.25, 0.3) is 0 Å². The summed E-state index contributed by atoms with van der Waals surface area (Å²) in [6, 6.07) is 0. The lowest BCUT2D eigenvalue weighted by Crippen LogP contribution is -2.27. The van der Waals surface area contributed by atoms with Gasteiger partial charge in [-0.25, -0.2) is 14.8 Å². The second kappa shape index (κ2) is 6.00. The summed E-state index contributed by atoms with van der Waals surface area (Å²) < 4.78 is 0. The van der Waals surface area contributed by atoms with Gasteiger partial charge in [-0.2, -0.15) is 0 Å². The minimum atomic E-state index is -1.11. The Bertz CT molecular complexity index is 546. The van der Waals surface area contributed by atoms with Crippen LogP contribution < -0.4 is 4.90 Å². The van der Waals surface area contributed by atoms with Gasteiger partial charge in [0.05, 0.1) is 5.56 Å². The molecule has 1 fully saturated rings. The van der Waals surface area contributed by atoms with Crippen LogP contribution in [-0.4, -0.2) is 44.4 Å². The summed E-state index contributed by atoms with van der Waals surface area (Å²) in [5.41, 5.74) is -0.0240. The summed E-state index contributed by atoms with van der Waals surface area (Å²) in [5.74, 6) is -0.346. The molecule has 20 heavy (non-hydrogen) atoms. The molecule has 1 aliphatic heterocycles. The molecule has 0 aromatic carbocycles. The van der Waals surface area contributed by atoms with Crippen LogP contribution in [0.2, 0.25) is 0 Å². The van der Waals surface area contributed by atoms with Crippen LogP contribution in [0.4, 0.5) is 5.95 Å². The van der Waals surface area contributed by atoms with Gasteiger partial charge >= 0.3 is 5.97 Å². The molecule has 2 heterocycles. The summed E-state index contributed by atoms with van der Waals surface area (Å²) in [6.45, 7) is 1.94. The number of anilines is 1. The number of amides is 1. The highest BCUT2D eigenvalue weighted by Crippen LogP contribution is 2.25. The molecule has 0 bridgehead atoms. The summed E-state index contributed by atoms with van der Waals surface area (Å²) in [7, 11) is 0. The number of nitrogens with zero attached hydrogens (tertiary/aromatic N) is 3. The SMILES string of the molecule is CC(=O)SCC1CC(=O)N(c2ncc(C(=O)O)cn2)C1. The van der Waals surface area contributed by atoms with Crippen LogP contribution in [0.1, 0.15) is 23.7 Å². The van der Waals surface area contributed by atoms with Crippen molar-refractivity contribution in [2.45, 2.75) is 13.3 Å². The van der Waals surface area contributed by atoms with Crippen molar-refractivity contribution in [3.63, 3.8) is 0 Å². The molecule has 0 radical (unpaired) electrons. The first-order valence-corrected chi connectivity index (χ1v) is 6.95. The van der Waals surface area contributed by atoms with E-state index in [1.165, 1.54) is 36.0 Å². The van der Waals surface area contributed by atoms with E-state index in [1.807, 2.05) is 0 Å². The Morgan fingerprint density at radius 3 is 2.65 bits per heavy atom. The molecule has 0 aliphatic carbocycles. The zero-order chi connectivity index (χ0) is 14.7. The molecule has 1 aromatic heterocycles. The second-order valence-electron chi connectivity index (χ2n) is 4.45. The first kappa shape index (κ1) is 14.4. The van der Waals surface area contributed by atoms with Crippen molar-refractivity contribution in [3.05, 3.63) is 18.0 Å². The third-order valence-electron chi connectivity index (χ3n) is 2.85. The minimum Gasteiger partial charge on any atom is -0.478 e. The van der Waals surface area contributed by atoms with Crippen molar-refractivity contribution in [1.82, 2.24) is 9.97 Å². The number of hydrogen-bond acceptors (Lipinski definition) is 6. The number of carbonyl (C=O) groups is 3. The van der Waals surface area contributed by atoms with Crippen LogP contribution in [0.15, 0.2) is 12.4 Å². The molecule has 1 atom stereocenters. The van der Waals surface area contributed by atoms with Crippen molar-refractivity contribution in [2.75, 3.05) is 17.2 Å². The maximum Gasteiger partial charge on any atom is 0.338 e. The van der Waals surface area contributed by atoms with Crippen LogP contribution >= 0.6 is 11.8 Å². The standard InChI is InChI=1S/C12H13N3O4S/c1-7(16)20-6-8-2-10(17)15(5-8)12-13-3-9(4-14-12)11(18)19/h3-4,8H,2,5-6H2,1H3,(H,18,19). The number of rotatable bonds is 4. The Hall–Kier alpha value is -1.96. The lowest BCUT2D eigenvalue weighted by molar-refractivity contribution is -0.117. The maximum atomic E-state index is 11.9. The molecule has 7 nitrogen and oxygen atoms in total. The number of carboxylic acids is 1. The van der Waals surface area contributed by atoms with Crippen LogP contribution in [0.3, 0.4) is 0 Å². The van der Waals surface area contributed by atoms with E-state index < -0.39 is 5.97 Å². The highest BCUT2D eigenvalue weighted by atomic mass is 32.2. The van der Waals surface area contributed by atoms with E-state index in [1.54, 1.807) is 0 Å². The molecule has 0 spiro atoms. The van der Waals surface area contributed by atoms with Crippen LogP contribution in [-0.2, 0) is 9.59 Å². The average Bonchev–Trinajstić information content (AvgIpc) is 2.78. The van der Waals surface area contributed by atoms with Crippen molar-refractivity contribution in [3.8, 4) is 0 Å². The monoisotopic (exact) mass is 295 g/mol. The van der Waals surface area contributed by atoms with Crippen molar-refractivity contribution in [2.24, 2.45) is 5.92 Å². The fraction of sp³-hybridized carbons (Fsp3) is 0.417. The summed E-state index contributed by atoms with van der Waals surface area (Å²) >= 11 is 1.20. The van der Waals surface area contributed by atoms with E-state index in [0.717, 1.165) is 0 Å². The number of aromatic carboxylic acids is 1. The zero-order valence-corrected chi connectivity index (χ0v) is 11.6. The van der Waals surface area contributed by atoms with E-state index in [2.05, 4.69) is 9.97 Å². The lowest BCUT2D eigenvalue weighted by atomic mass is 10.1. The molecule has 1 amide bonds. The number of hydrogen-bond donors (Lipinski definition) is 1. The molecule has 1 aliphatic rings. The number of carboxylic acid groups (broad SMARTS) is 1. The van der Waals surface area contributed by atoms with Gasteiger partial charge < -0.3 is 5.11 Å². The third kappa shape index (κ3) is 3.32. The fourth-order valence-electron chi connectivity index (χ4n) is 1.89. The Balaban J connectivity index is 2.03. The van der Waals surface area contributed by atoms with Crippen LogP contribution in [0.25, 0.3) is 0 Å². The Morgan fingerprint density at radius 2 is 2.10 bits per heavy atom. The topological polar surface area (TPSA) is 100 Å². The number of aromatic nitrogens is 2. The van der Waals surface area contributed by atoms with Crippen LogP contribution in [0, 0.1) is 5.92 Å². The quantitative estimate of drug-likeness (QED) is 0.877. The van der Waals surface area contributed by atoms with Gasteiger partial charge in [0.1, 0.15) is 0 Å². The summed E-state index contributed by atoms with van der Waals surface area (Å²) in [5, 5.41) is 8.79. The van der Waals surface area contributed by atoms with E-state index in [4.69, 9.17) is 5.11 Å². The fourth-order valence-corrected chi connectivity index (χ4v) is 2.59. The van der Waals surface area contributed by atoms with Gasteiger partial charge in [0, 0.05) is 38.0 Å². The zero-order valence-electron chi connectivity index (χ0n) is 10.8. The normalized spacial score (nSPS) is 18.4. The van der Waals surface area contributed by atoms with Gasteiger partial charge in [-0.3, -0.25) is 14.5 Å². The molecular formula is C12H13N3O4S. The lowest BCUT2D eigenvalue weighted by Gasteiger charge is -2.13. The predicted molar refractivity (Wildman–Crippen MR) is 72.6 cm³/mol. The first-order chi connectivity index (χ1) is 9.47.